The summed E-state index contributed by atoms with van der Waals surface area (Å²) in [5, 5.41) is 11.8. The quantitative estimate of drug-likeness (QED) is 0.654. The molecule has 1 fully saturated rings. The van der Waals surface area contributed by atoms with E-state index in [9.17, 15) is 9.59 Å². The molecule has 1 unspecified atom stereocenters. The van der Waals surface area contributed by atoms with Crippen molar-refractivity contribution < 1.29 is 19.4 Å². The molecule has 7 heteroatoms. The van der Waals surface area contributed by atoms with Gasteiger partial charge in [0.15, 0.2) is 0 Å². The molecular weight excluding hydrogens is 262 g/mol. The molecule has 20 heavy (non-hydrogen) atoms. The number of nitrogens with zero attached hydrogens (tertiary/aromatic N) is 2. The van der Waals surface area contributed by atoms with Crippen LogP contribution < -0.4 is 5.32 Å². The molecule has 0 spiro atoms. The lowest BCUT2D eigenvalue weighted by atomic mass is 10.2. The Morgan fingerprint density at radius 1 is 1.30 bits per heavy atom. The van der Waals surface area contributed by atoms with Gasteiger partial charge in [-0.3, -0.25) is 9.69 Å². The van der Waals surface area contributed by atoms with Gasteiger partial charge < -0.3 is 20.1 Å². The maximum atomic E-state index is 11.9. The second kappa shape index (κ2) is 8.76. The van der Waals surface area contributed by atoms with E-state index in [1.165, 1.54) is 0 Å². The summed E-state index contributed by atoms with van der Waals surface area (Å²) in [5.74, 6) is -0.821. The first-order chi connectivity index (χ1) is 9.56. The number of nitrogens with one attached hydrogen (secondary N) is 1. The van der Waals surface area contributed by atoms with Crippen molar-refractivity contribution in [2.45, 2.75) is 26.3 Å². The standard InChI is InChI=1S/C13H25N3O4/c1-3-20-10-4-5-14-13(19)16-8-6-15(7-9-16)11(2)12(17)18/h11H,3-10H2,1-2H3,(H,14,19)(H,17,18). The van der Waals surface area contributed by atoms with Crippen LogP contribution in [0.15, 0.2) is 0 Å². The number of piperazine rings is 1. The van der Waals surface area contributed by atoms with Crippen molar-refractivity contribution >= 4 is 12.0 Å². The van der Waals surface area contributed by atoms with Gasteiger partial charge in [0.2, 0.25) is 0 Å². The van der Waals surface area contributed by atoms with Crippen molar-refractivity contribution in [1.82, 2.24) is 15.1 Å². The van der Waals surface area contributed by atoms with Crippen LogP contribution in [-0.2, 0) is 9.53 Å². The van der Waals surface area contributed by atoms with E-state index in [1.807, 2.05) is 11.8 Å². The Balaban J connectivity index is 2.20. The molecule has 0 bridgehead atoms. The van der Waals surface area contributed by atoms with Crippen LogP contribution in [0.3, 0.4) is 0 Å². The van der Waals surface area contributed by atoms with Crippen LogP contribution in [0.1, 0.15) is 20.3 Å². The van der Waals surface area contributed by atoms with Gasteiger partial charge in [-0.05, 0) is 20.3 Å². The molecule has 0 aromatic carbocycles. The third-order valence-electron chi connectivity index (χ3n) is 3.45. The number of amides is 2. The molecule has 116 valence electrons. The lowest BCUT2D eigenvalue weighted by molar-refractivity contribution is -0.143. The van der Waals surface area contributed by atoms with Crippen LogP contribution in [0.2, 0.25) is 0 Å². The zero-order valence-corrected chi connectivity index (χ0v) is 12.3. The summed E-state index contributed by atoms with van der Waals surface area (Å²) in [7, 11) is 0. The predicted octanol–water partition coefficient (Wildman–Crippen LogP) is 0.213. The molecule has 2 N–H and O–H groups in total. The molecular formula is C13H25N3O4. The fourth-order valence-corrected chi connectivity index (χ4v) is 2.09. The predicted molar refractivity (Wildman–Crippen MR) is 74.8 cm³/mol. The molecule has 0 radical (unpaired) electrons. The second-order valence-electron chi connectivity index (χ2n) is 4.82. The lowest BCUT2D eigenvalue weighted by Crippen LogP contribution is -2.55. The van der Waals surface area contributed by atoms with E-state index in [0.717, 1.165) is 6.42 Å². The first kappa shape index (κ1) is 16.7. The average molecular weight is 287 g/mol. The minimum absolute atomic E-state index is 0.0795. The minimum Gasteiger partial charge on any atom is -0.480 e. The van der Waals surface area contributed by atoms with Crippen LogP contribution in [0.5, 0.6) is 0 Å². The van der Waals surface area contributed by atoms with Crippen molar-refractivity contribution in [1.29, 1.82) is 0 Å². The van der Waals surface area contributed by atoms with Crippen molar-refractivity contribution in [3.05, 3.63) is 0 Å². The number of hydrogen-bond acceptors (Lipinski definition) is 4. The van der Waals surface area contributed by atoms with E-state index < -0.39 is 12.0 Å². The van der Waals surface area contributed by atoms with Gasteiger partial charge in [-0.15, -0.1) is 0 Å². The summed E-state index contributed by atoms with van der Waals surface area (Å²) in [4.78, 5) is 26.4. The Morgan fingerprint density at radius 2 is 1.95 bits per heavy atom. The molecule has 1 aliphatic rings. The van der Waals surface area contributed by atoms with Gasteiger partial charge in [0.25, 0.3) is 0 Å². The number of aliphatic carboxylic acids is 1. The molecule has 2 amide bonds. The van der Waals surface area contributed by atoms with Gasteiger partial charge >= 0.3 is 12.0 Å². The number of rotatable bonds is 7. The van der Waals surface area contributed by atoms with Crippen molar-refractivity contribution in [2.75, 3.05) is 45.9 Å². The fraction of sp³-hybridized carbons (Fsp3) is 0.846. The Labute approximate surface area is 119 Å². The molecule has 0 aliphatic carbocycles. The second-order valence-corrected chi connectivity index (χ2v) is 4.82. The topological polar surface area (TPSA) is 82.1 Å². The zero-order valence-electron chi connectivity index (χ0n) is 12.3. The van der Waals surface area contributed by atoms with Crippen molar-refractivity contribution in [3.8, 4) is 0 Å². The monoisotopic (exact) mass is 287 g/mol. The van der Waals surface area contributed by atoms with Crippen molar-refractivity contribution in [2.24, 2.45) is 0 Å². The molecule has 1 aliphatic heterocycles. The number of carboxylic acid groups (broad SMARTS) is 1. The largest absolute Gasteiger partial charge is 0.480 e. The molecule has 1 atom stereocenters. The zero-order chi connectivity index (χ0) is 15.0. The highest BCUT2D eigenvalue weighted by Crippen LogP contribution is 2.06. The molecule has 1 rings (SSSR count). The van der Waals surface area contributed by atoms with E-state index in [4.69, 9.17) is 9.84 Å². The molecule has 0 saturated carbocycles. The number of carbonyl (C=O) groups is 2. The smallest absolute Gasteiger partial charge is 0.320 e. The van der Waals surface area contributed by atoms with Gasteiger partial charge in [-0.2, -0.15) is 0 Å². The molecule has 7 nitrogen and oxygen atoms in total. The molecule has 0 aromatic heterocycles. The number of ether oxygens (including phenoxy) is 1. The van der Waals surface area contributed by atoms with Gasteiger partial charge in [-0.1, -0.05) is 0 Å². The van der Waals surface area contributed by atoms with Crippen LogP contribution in [0.25, 0.3) is 0 Å². The van der Waals surface area contributed by atoms with E-state index in [2.05, 4.69) is 5.32 Å². The summed E-state index contributed by atoms with van der Waals surface area (Å²) in [6.45, 7) is 7.88. The highest BCUT2D eigenvalue weighted by atomic mass is 16.5. The molecule has 0 aromatic rings. The van der Waals surface area contributed by atoms with Crippen molar-refractivity contribution in [3.63, 3.8) is 0 Å². The first-order valence-electron chi connectivity index (χ1n) is 7.13. The summed E-state index contributed by atoms with van der Waals surface area (Å²) in [5.41, 5.74) is 0. The average Bonchev–Trinajstić information content (AvgIpc) is 2.46. The minimum atomic E-state index is -0.821. The van der Waals surface area contributed by atoms with E-state index >= 15 is 0 Å². The number of urea groups is 1. The number of carbonyl (C=O) groups excluding carboxylic acids is 1. The summed E-state index contributed by atoms with van der Waals surface area (Å²) in [6.07, 6.45) is 0.801. The van der Waals surface area contributed by atoms with E-state index in [1.54, 1.807) is 11.8 Å². The highest BCUT2D eigenvalue weighted by molar-refractivity contribution is 5.74. The van der Waals surface area contributed by atoms with Crippen LogP contribution >= 0.6 is 0 Å². The van der Waals surface area contributed by atoms with Crippen LogP contribution in [0.4, 0.5) is 4.79 Å². The summed E-state index contributed by atoms with van der Waals surface area (Å²) in [6, 6.07) is -0.574. The maximum Gasteiger partial charge on any atom is 0.320 e. The van der Waals surface area contributed by atoms with Crippen LogP contribution in [-0.4, -0.2) is 78.9 Å². The van der Waals surface area contributed by atoms with Gasteiger partial charge in [-0.25, -0.2) is 4.79 Å². The molecule has 1 saturated heterocycles. The van der Waals surface area contributed by atoms with E-state index in [0.29, 0.717) is 45.9 Å². The van der Waals surface area contributed by atoms with Crippen LogP contribution in [0, 0.1) is 0 Å². The maximum absolute atomic E-state index is 11.9. The third-order valence-corrected chi connectivity index (χ3v) is 3.45. The molecule has 1 heterocycles. The Kier molecular flexibility index (Phi) is 7.32. The number of hydrogen-bond donors (Lipinski definition) is 2. The van der Waals surface area contributed by atoms with Gasteiger partial charge in [0, 0.05) is 45.9 Å². The summed E-state index contributed by atoms with van der Waals surface area (Å²) >= 11 is 0. The first-order valence-corrected chi connectivity index (χ1v) is 7.13. The highest BCUT2D eigenvalue weighted by Gasteiger charge is 2.26. The van der Waals surface area contributed by atoms with E-state index in [-0.39, 0.29) is 6.03 Å². The Hall–Kier alpha value is -1.34. The third kappa shape index (κ3) is 5.34. The van der Waals surface area contributed by atoms with Gasteiger partial charge in [0.1, 0.15) is 6.04 Å². The lowest BCUT2D eigenvalue weighted by Gasteiger charge is -2.36. The Bertz CT molecular complexity index is 317. The normalized spacial score (nSPS) is 17.8. The SMILES string of the molecule is CCOCCCNC(=O)N1CCN(C(C)C(=O)O)CC1. The fourth-order valence-electron chi connectivity index (χ4n) is 2.09. The Morgan fingerprint density at radius 3 is 2.50 bits per heavy atom. The summed E-state index contributed by atoms with van der Waals surface area (Å²) < 4.78 is 5.20. The van der Waals surface area contributed by atoms with Gasteiger partial charge in [0.05, 0.1) is 0 Å². The number of carboxylic acids is 1.